The van der Waals surface area contributed by atoms with Crippen molar-refractivity contribution in [1.29, 1.82) is 0 Å². The molecular formula is C18H17ClN4O5. The summed E-state index contributed by atoms with van der Waals surface area (Å²) < 4.78 is 0. The van der Waals surface area contributed by atoms with E-state index in [4.69, 9.17) is 21.8 Å². The highest BCUT2D eigenvalue weighted by Gasteiger charge is 2.41. The molecule has 0 fully saturated rings. The number of aliphatic carboxylic acids is 2. The Hall–Kier alpha value is -3.30. The van der Waals surface area contributed by atoms with Gasteiger partial charge in [0.25, 0.3) is 0 Å². The van der Waals surface area contributed by atoms with Gasteiger partial charge in [-0.2, -0.15) is 0 Å². The van der Waals surface area contributed by atoms with E-state index in [1.165, 1.54) is 0 Å². The third kappa shape index (κ3) is 5.35. The number of hydrogen-bond donors (Lipinski definition) is 4. The van der Waals surface area contributed by atoms with Crippen LogP contribution in [0.2, 0.25) is 5.02 Å². The number of carboxylic acids is 2. The fourth-order valence-electron chi connectivity index (χ4n) is 2.33. The molecule has 0 radical (unpaired) electrons. The average Bonchev–Trinajstić information content (AvgIpc) is 3.23. The fraction of sp³-hybridized carbons (Fsp3) is 0.167. The first kappa shape index (κ1) is 21.0. The van der Waals surface area contributed by atoms with E-state index in [1.54, 1.807) is 42.7 Å². The van der Waals surface area contributed by atoms with Crippen molar-refractivity contribution in [1.82, 2.24) is 15.3 Å². The molecule has 0 amide bonds. The number of aliphatic imine (C=N–C) groups is 1. The molecule has 4 N–H and O–H groups in total. The Labute approximate surface area is 165 Å². The van der Waals surface area contributed by atoms with Crippen molar-refractivity contribution in [3.63, 3.8) is 0 Å². The molecule has 2 heterocycles. The lowest BCUT2D eigenvalue weighted by Gasteiger charge is -2.27. The van der Waals surface area contributed by atoms with Gasteiger partial charge in [0.2, 0.25) is 5.60 Å². The number of aromatic nitrogens is 2. The monoisotopic (exact) mass is 404 g/mol. The second-order valence-corrected chi connectivity index (χ2v) is 5.89. The highest BCUT2D eigenvalue weighted by atomic mass is 35.5. The van der Waals surface area contributed by atoms with E-state index in [2.05, 4.69) is 20.3 Å². The smallest absolute Gasteiger partial charge is 0.328 e. The maximum Gasteiger partial charge on any atom is 0.328 e. The van der Waals surface area contributed by atoms with Crippen molar-refractivity contribution >= 4 is 29.4 Å². The van der Waals surface area contributed by atoms with Gasteiger partial charge in [-0.15, -0.1) is 0 Å². The zero-order chi connectivity index (χ0) is 20.6. The number of rotatable bonds is 5. The molecule has 1 atom stereocenters. The maximum absolute atomic E-state index is 11.2. The number of aliphatic hydroxyl groups is 1. The third-order valence-electron chi connectivity index (χ3n) is 3.54. The van der Waals surface area contributed by atoms with Crippen molar-refractivity contribution in [3.05, 3.63) is 71.3 Å². The predicted molar refractivity (Wildman–Crippen MR) is 101 cm³/mol. The molecule has 0 spiro atoms. The molecule has 146 valence electrons. The number of halogens is 1. The molecule has 3 rings (SSSR count). The summed E-state index contributed by atoms with van der Waals surface area (Å²) in [6, 6.07) is 8.65. The van der Waals surface area contributed by atoms with Gasteiger partial charge in [-0.3, -0.25) is 4.99 Å². The summed E-state index contributed by atoms with van der Waals surface area (Å²) in [7, 11) is 0. The van der Waals surface area contributed by atoms with E-state index in [0.717, 1.165) is 0 Å². The van der Waals surface area contributed by atoms with E-state index in [0.29, 0.717) is 41.7 Å². The van der Waals surface area contributed by atoms with Crippen molar-refractivity contribution in [2.45, 2.75) is 5.60 Å². The zero-order valence-electron chi connectivity index (χ0n) is 14.5. The van der Waals surface area contributed by atoms with Crippen LogP contribution >= 0.6 is 11.6 Å². The van der Waals surface area contributed by atoms with Crippen molar-refractivity contribution in [2.24, 2.45) is 4.99 Å². The number of amidine groups is 1. The lowest BCUT2D eigenvalue weighted by Crippen LogP contribution is -2.44. The molecule has 1 aromatic heterocycles. The first-order valence-electron chi connectivity index (χ1n) is 8.02. The molecule has 28 heavy (non-hydrogen) atoms. The highest BCUT2D eigenvalue weighted by Crippen LogP contribution is 2.29. The van der Waals surface area contributed by atoms with Gasteiger partial charge < -0.3 is 20.6 Å². The first-order chi connectivity index (χ1) is 13.3. The molecule has 1 aliphatic heterocycles. The van der Waals surface area contributed by atoms with Crippen LogP contribution in [0.4, 0.5) is 0 Å². The average molecular weight is 405 g/mol. The Morgan fingerprint density at radius 1 is 1.07 bits per heavy atom. The number of carbonyl (C=O) groups is 2. The molecule has 1 aromatic carbocycles. The molecule has 1 aliphatic rings. The lowest BCUT2D eigenvalue weighted by molar-refractivity contribution is -0.134. The van der Waals surface area contributed by atoms with Crippen LogP contribution < -0.4 is 5.32 Å². The number of nitrogens with one attached hydrogen (secondary N) is 1. The van der Waals surface area contributed by atoms with Gasteiger partial charge in [-0.25, -0.2) is 19.6 Å². The summed E-state index contributed by atoms with van der Waals surface area (Å²) in [4.78, 5) is 31.8. The van der Waals surface area contributed by atoms with E-state index in [9.17, 15) is 14.7 Å². The van der Waals surface area contributed by atoms with Gasteiger partial charge in [-0.05, 0) is 23.8 Å². The second kappa shape index (κ2) is 9.58. The molecule has 0 saturated carbocycles. The van der Waals surface area contributed by atoms with Crippen LogP contribution in [0.25, 0.3) is 0 Å². The van der Waals surface area contributed by atoms with Gasteiger partial charge >= 0.3 is 11.9 Å². The van der Waals surface area contributed by atoms with Crippen LogP contribution in [0.5, 0.6) is 0 Å². The summed E-state index contributed by atoms with van der Waals surface area (Å²) in [5, 5.41) is 30.5. The van der Waals surface area contributed by atoms with Gasteiger partial charge in [0.1, 0.15) is 5.84 Å². The molecule has 0 saturated heterocycles. The summed E-state index contributed by atoms with van der Waals surface area (Å²) >= 11 is 5.91. The van der Waals surface area contributed by atoms with E-state index in [-0.39, 0.29) is 5.82 Å². The first-order valence-corrected chi connectivity index (χ1v) is 8.40. The molecule has 0 aliphatic carbocycles. The summed E-state index contributed by atoms with van der Waals surface area (Å²) in [5.74, 6) is -1.76. The largest absolute Gasteiger partial charge is 0.478 e. The van der Waals surface area contributed by atoms with Crippen LogP contribution in [0.1, 0.15) is 11.4 Å². The third-order valence-corrected chi connectivity index (χ3v) is 3.79. The maximum atomic E-state index is 11.2. The Morgan fingerprint density at radius 3 is 2.11 bits per heavy atom. The fourth-order valence-corrected chi connectivity index (χ4v) is 2.46. The van der Waals surface area contributed by atoms with Gasteiger partial charge in [0, 0.05) is 36.1 Å². The molecule has 1 unspecified atom stereocenters. The van der Waals surface area contributed by atoms with Crippen LogP contribution in [0, 0.1) is 0 Å². The Morgan fingerprint density at radius 2 is 1.64 bits per heavy atom. The summed E-state index contributed by atoms with van der Waals surface area (Å²) in [5.41, 5.74) is -0.858. The number of nitrogens with zero attached hydrogens (tertiary/aromatic N) is 3. The second-order valence-electron chi connectivity index (χ2n) is 5.46. The number of hydrogen-bond acceptors (Lipinski definition) is 7. The van der Waals surface area contributed by atoms with E-state index >= 15 is 0 Å². The minimum absolute atomic E-state index is 0.287. The quantitative estimate of drug-likeness (QED) is 0.541. The predicted octanol–water partition coefficient (Wildman–Crippen LogP) is 1.08. The van der Waals surface area contributed by atoms with Crippen LogP contribution in [-0.2, 0) is 15.2 Å². The number of carboxylic acid groups (broad SMARTS) is 2. The Kier molecular flexibility index (Phi) is 7.19. The molecule has 9 nitrogen and oxygen atoms in total. The Bertz CT molecular complexity index is 871. The van der Waals surface area contributed by atoms with Gasteiger partial charge in [0.15, 0.2) is 5.82 Å². The van der Waals surface area contributed by atoms with E-state index in [1.807, 2.05) is 0 Å². The van der Waals surface area contributed by atoms with Gasteiger partial charge in [0.05, 0.1) is 6.54 Å². The normalized spacial score (nSPS) is 15.0. The molecule has 0 bridgehead atoms. The standard InChI is InChI=1S/C14H13ClN4O.C4H4O4/c15-11-4-2-10(3-5-11)14(20,13-18-8-9-19-13)12-16-6-1-7-17-12;5-3(6)1-2-4(7)8/h1-7,20H,8-9H2,(H,18,19);1-2H,(H,5,6)(H,7,8)/b;2-1-. The number of benzene rings is 1. The van der Waals surface area contributed by atoms with Crippen molar-refractivity contribution < 1.29 is 24.9 Å². The molecule has 2 aromatic rings. The topological polar surface area (TPSA) is 145 Å². The Balaban J connectivity index is 0.000000300. The van der Waals surface area contributed by atoms with Crippen molar-refractivity contribution in [2.75, 3.05) is 13.1 Å². The minimum atomic E-state index is -1.48. The minimum Gasteiger partial charge on any atom is -0.478 e. The van der Waals surface area contributed by atoms with Crippen LogP contribution in [0.3, 0.4) is 0 Å². The molecule has 10 heteroatoms. The molecular weight excluding hydrogens is 388 g/mol. The highest BCUT2D eigenvalue weighted by molar-refractivity contribution is 6.30. The lowest BCUT2D eigenvalue weighted by atomic mass is 9.91. The summed E-state index contributed by atoms with van der Waals surface area (Å²) in [6.45, 7) is 1.32. The SMILES string of the molecule is O=C(O)/C=C\C(=O)O.OC(C1=NCCN1)(c1ccc(Cl)cc1)c1ncccn1. The van der Waals surface area contributed by atoms with Crippen LogP contribution in [-0.4, -0.2) is 56.2 Å². The zero-order valence-corrected chi connectivity index (χ0v) is 15.2. The van der Waals surface area contributed by atoms with Crippen molar-refractivity contribution in [3.8, 4) is 0 Å². The van der Waals surface area contributed by atoms with Gasteiger partial charge in [-0.1, -0.05) is 23.7 Å². The van der Waals surface area contributed by atoms with E-state index < -0.39 is 17.5 Å². The summed E-state index contributed by atoms with van der Waals surface area (Å²) in [6.07, 6.45) is 4.31. The van der Waals surface area contributed by atoms with Crippen LogP contribution in [0.15, 0.2) is 59.9 Å².